The molecule has 8 nitrogen and oxygen atoms in total. The number of hydrogen-bond donors (Lipinski definition) is 3. The number of fused-ring (bicyclic) bond motifs is 1. The topological polar surface area (TPSA) is 81.5 Å². The number of piperazine rings is 1. The van der Waals surface area contributed by atoms with E-state index in [4.69, 9.17) is 9.97 Å². The molecule has 0 unspecified atom stereocenters. The molecule has 0 radical (unpaired) electrons. The van der Waals surface area contributed by atoms with Crippen molar-refractivity contribution < 1.29 is 5.11 Å². The molecule has 1 aromatic carbocycles. The SMILES string of the molecule is C1CNCCN1.CCCCc1nc2cc(CN3CCC(c4cccc(O)c4)(N(C)C)CC3)cnc2n1C. The highest BCUT2D eigenvalue weighted by atomic mass is 16.3. The normalized spacial score (nSPS) is 18.1. The van der Waals surface area contributed by atoms with Crippen molar-refractivity contribution in [2.45, 2.75) is 51.1 Å². The highest BCUT2D eigenvalue weighted by Crippen LogP contribution is 2.38. The van der Waals surface area contributed by atoms with Gasteiger partial charge in [-0.3, -0.25) is 9.80 Å². The molecule has 2 aliphatic heterocycles. The van der Waals surface area contributed by atoms with E-state index in [0.717, 1.165) is 88.5 Å². The molecule has 0 spiro atoms. The second-order valence-corrected chi connectivity index (χ2v) is 10.6. The minimum atomic E-state index is -0.0351. The van der Waals surface area contributed by atoms with E-state index in [1.165, 1.54) is 17.5 Å². The smallest absolute Gasteiger partial charge is 0.159 e. The molecule has 2 aromatic heterocycles. The molecule has 3 aromatic rings. The van der Waals surface area contributed by atoms with Gasteiger partial charge in [-0.05, 0) is 62.7 Å². The number of nitrogens with one attached hydrogen (secondary N) is 2. The Morgan fingerprint density at radius 3 is 2.35 bits per heavy atom. The molecule has 0 aliphatic carbocycles. The van der Waals surface area contributed by atoms with Crippen LogP contribution in [0.1, 0.15) is 49.6 Å². The highest BCUT2D eigenvalue weighted by Gasteiger charge is 2.38. The summed E-state index contributed by atoms with van der Waals surface area (Å²) in [7, 11) is 6.36. The third kappa shape index (κ3) is 6.68. The van der Waals surface area contributed by atoms with Gasteiger partial charge in [0, 0.05) is 71.0 Å². The van der Waals surface area contributed by atoms with Crippen molar-refractivity contribution >= 4 is 11.2 Å². The molecule has 4 heterocycles. The van der Waals surface area contributed by atoms with Gasteiger partial charge >= 0.3 is 0 Å². The van der Waals surface area contributed by atoms with Gasteiger partial charge in [0.05, 0.1) is 0 Å². The van der Waals surface area contributed by atoms with Crippen molar-refractivity contribution in [3.8, 4) is 5.75 Å². The van der Waals surface area contributed by atoms with Crippen molar-refractivity contribution in [3.05, 3.63) is 53.5 Å². The lowest BCUT2D eigenvalue weighted by Gasteiger charge is -2.46. The number of phenols is 1. The van der Waals surface area contributed by atoms with Gasteiger partial charge in [-0.15, -0.1) is 0 Å². The van der Waals surface area contributed by atoms with Crippen LogP contribution in [0.4, 0.5) is 0 Å². The zero-order valence-electron chi connectivity index (χ0n) is 23.1. The molecule has 2 saturated heterocycles. The predicted molar refractivity (Wildman–Crippen MR) is 151 cm³/mol. The van der Waals surface area contributed by atoms with Gasteiger partial charge in [-0.1, -0.05) is 25.5 Å². The first-order chi connectivity index (χ1) is 17.9. The van der Waals surface area contributed by atoms with E-state index >= 15 is 0 Å². The number of rotatable bonds is 7. The van der Waals surface area contributed by atoms with Crippen molar-refractivity contribution in [2.75, 3.05) is 53.4 Å². The second kappa shape index (κ2) is 12.8. The minimum Gasteiger partial charge on any atom is -0.508 e. The van der Waals surface area contributed by atoms with E-state index < -0.39 is 0 Å². The summed E-state index contributed by atoms with van der Waals surface area (Å²) in [5.74, 6) is 1.47. The Labute approximate surface area is 222 Å². The Hall–Kier alpha value is -2.52. The lowest BCUT2D eigenvalue weighted by molar-refractivity contribution is 0.0505. The summed E-state index contributed by atoms with van der Waals surface area (Å²) < 4.78 is 2.14. The van der Waals surface area contributed by atoms with Crippen LogP contribution in [0, 0.1) is 0 Å². The maximum absolute atomic E-state index is 10.00. The second-order valence-electron chi connectivity index (χ2n) is 10.6. The number of likely N-dealkylation sites (tertiary alicyclic amines) is 1. The third-order valence-electron chi connectivity index (χ3n) is 7.90. The number of imidazole rings is 1. The fourth-order valence-corrected chi connectivity index (χ4v) is 5.54. The number of aromatic hydroxyl groups is 1. The monoisotopic (exact) mass is 507 g/mol. The largest absolute Gasteiger partial charge is 0.508 e. The van der Waals surface area contributed by atoms with E-state index in [1.807, 2.05) is 18.3 Å². The summed E-state index contributed by atoms with van der Waals surface area (Å²) in [5, 5.41) is 16.4. The lowest BCUT2D eigenvalue weighted by Crippen LogP contribution is -2.50. The summed E-state index contributed by atoms with van der Waals surface area (Å²) in [6, 6.07) is 9.97. The Kier molecular flexibility index (Phi) is 9.54. The zero-order chi connectivity index (χ0) is 26.3. The van der Waals surface area contributed by atoms with Crippen molar-refractivity contribution in [2.24, 2.45) is 7.05 Å². The molecule has 37 heavy (non-hydrogen) atoms. The van der Waals surface area contributed by atoms with Crippen LogP contribution in [0.3, 0.4) is 0 Å². The van der Waals surface area contributed by atoms with E-state index in [1.54, 1.807) is 6.07 Å². The molecule has 3 N–H and O–H groups in total. The first kappa shape index (κ1) is 27.5. The number of piperidine rings is 1. The summed E-state index contributed by atoms with van der Waals surface area (Å²) >= 11 is 0. The van der Waals surface area contributed by atoms with E-state index in [2.05, 4.69) is 65.2 Å². The standard InChI is InChI=1S/C25H35N5O.C4H10N2/c1-5-6-10-23-27-22-15-19(17-26-24(22)29(23)4)18-30-13-11-25(12-14-30,28(2)3)20-8-7-9-21(31)16-20;1-2-6-4-3-5-1/h7-9,15-17,31H,5-6,10-14,18H2,1-4H3;5-6H,1-4H2. The first-order valence-corrected chi connectivity index (χ1v) is 13.8. The van der Waals surface area contributed by atoms with E-state index in [-0.39, 0.29) is 5.54 Å². The molecule has 2 fully saturated rings. The molecule has 0 atom stereocenters. The predicted octanol–water partition coefficient (Wildman–Crippen LogP) is 3.25. The summed E-state index contributed by atoms with van der Waals surface area (Å²) in [6.07, 6.45) is 7.41. The van der Waals surface area contributed by atoms with Crippen LogP contribution in [-0.2, 0) is 25.6 Å². The molecule has 2 aliphatic rings. The fourth-order valence-electron chi connectivity index (χ4n) is 5.54. The Balaban J connectivity index is 0.000000469. The van der Waals surface area contributed by atoms with Crippen molar-refractivity contribution in [3.63, 3.8) is 0 Å². The summed E-state index contributed by atoms with van der Waals surface area (Å²) in [6.45, 7) is 9.68. The summed E-state index contributed by atoms with van der Waals surface area (Å²) in [5.41, 5.74) is 4.37. The van der Waals surface area contributed by atoms with Crippen LogP contribution >= 0.6 is 0 Å². The van der Waals surface area contributed by atoms with Crippen LogP contribution in [-0.4, -0.2) is 82.8 Å². The first-order valence-electron chi connectivity index (χ1n) is 13.8. The van der Waals surface area contributed by atoms with Gasteiger partial charge in [0.25, 0.3) is 0 Å². The van der Waals surface area contributed by atoms with Gasteiger partial charge in [-0.25, -0.2) is 9.97 Å². The quantitative estimate of drug-likeness (QED) is 0.453. The molecule has 8 heteroatoms. The Morgan fingerprint density at radius 1 is 1.05 bits per heavy atom. The maximum Gasteiger partial charge on any atom is 0.159 e. The van der Waals surface area contributed by atoms with E-state index in [0.29, 0.717) is 5.75 Å². The number of aryl methyl sites for hydroxylation is 2. The van der Waals surface area contributed by atoms with E-state index in [9.17, 15) is 5.11 Å². The van der Waals surface area contributed by atoms with Crippen LogP contribution in [0.2, 0.25) is 0 Å². The van der Waals surface area contributed by atoms with Crippen molar-refractivity contribution in [1.29, 1.82) is 0 Å². The van der Waals surface area contributed by atoms with Gasteiger partial charge in [-0.2, -0.15) is 0 Å². The fraction of sp³-hybridized carbons (Fsp3) is 0.586. The molecule has 0 bridgehead atoms. The number of nitrogens with zero attached hydrogens (tertiary/aromatic N) is 5. The Bertz CT molecular complexity index is 1120. The van der Waals surface area contributed by atoms with Gasteiger partial charge in [0.15, 0.2) is 5.65 Å². The number of hydrogen-bond acceptors (Lipinski definition) is 7. The minimum absolute atomic E-state index is 0.0351. The van der Waals surface area contributed by atoms with Crippen LogP contribution in [0.5, 0.6) is 5.75 Å². The number of pyridine rings is 1. The average molecular weight is 508 g/mol. The molecular weight excluding hydrogens is 462 g/mol. The van der Waals surface area contributed by atoms with Crippen molar-refractivity contribution in [1.82, 2.24) is 35.0 Å². The molecule has 5 rings (SSSR count). The Morgan fingerprint density at radius 2 is 1.76 bits per heavy atom. The van der Waals surface area contributed by atoms with Gasteiger partial charge in [0.2, 0.25) is 0 Å². The highest BCUT2D eigenvalue weighted by molar-refractivity contribution is 5.72. The van der Waals surface area contributed by atoms with Gasteiger partial charge < -0.3 is 20.3 Å². The third-order valence-corrected chi connectivity index (χ3v) is 7.90. The molecule has 202 valence electrons. The maximum atomic E-state index is 10.00. The van der Waals surface area contributed by atoms with Crippen LogP contribution < -0.4 is 10.6 Å². The number of benzene rings is 1. The lowest BCUT2D eigenvalue weighted by atomic mass is 9.79. The molecule has 0 saturated carbocycles. The zero-order valence-corrected chi connectivity index (χ0v) is 23.1. The number of unbranched alkanes of at least 4 members (excludes halogenated alkanes) is 1. The van der Waals surface area contributed by atoms with Crippen LogP contribution in [0.15, 0.2) is 36.5 Å². The molecule has 0 amide bonds. The number of phenolic OH excluding ortho intramolecular Hbond substituents is 1. The van der Waals surface area contributed by atoms with Gasteiger partial charge in [0.1, 0.15) is 17.1 Å². The number of aromatic nitrogens is 3. The average Bonchev–Trinajstić information content (AvgIpc) is 3.23. The molecular formula is C29H45N7O. The summed E-state index contributed by atoms with van der Waals surface area (Å²) in [4.78, 5) is 14.4. The van der Waals surface area contributed by atoms with Crippen LogP contribution in [0.25, 0.3) is 11.2 Å².